The van der Waals surface area contributed by atoms with Gasteiger partial charge in [-0.1, -0.05) is 0 Å². The van der Waals surface area contributed by atoms with Gasteiger partial charge in [0, 0.05) is 19.8 Å². The molecule has 0 aliphatic rings. The molecule has 0 aliphatic heterocycles. The molecule has 2 aromatic rings. The van der Waals surface area contributed by atoms with Gasteiger partial charge in [-0.15, -0.1) is 0 Å². The van der Waals surface area contributed by atoms with Crippen LogP contribution in [0.5, 0.6) is 0 Å². The Kier molecular flexibility index (Phi) is 4.77. The van der Waals surface area contributed by atoms with Gasteiger partial charge in [-0.25, -0.2) is 0 Å². The van der Waals surface area contributed by atoms with E-state index in [1.54, 1.807) is 30.5 Å². The van der Waals surface area contributed by atoms with E-state index < -0.39 is 11.0 Å². The lowest BCUT2D eigenvalue weighted by atomic mass is 10.2. The molecule has 23 heavy (non-hydrogen) atoms. The van der Waals surface area contributed by atoms with E-state index in [1.165, 1.54) is 10.7 Å². The second-order valence-electron chi connectivity index (χ2n) is 5.38. The summed E-state index contributed by atoms with van der Waals surface area (Å²) in [6, 6.07) is 2.59. The number of nitro groups is 1. The molecule has 1 atom stereocenters. The number of hydrogen-bond donors (Lipinski definition) is 0. The Morgan fingerprint density at radius 2 is 2.17 bits per heavy atom. The molecule has 2 rings (SSSR count). The summed E-state index contributed by atoms with van der Waals surface area (Å²) in [7, 11) is 1.68. The second kappa shape index (κ2) is 6.59. The highest BCUT2D eigenvalue weighted by molar-refractivity contribution is 5.79. The summed E-state index contributed by atoms with van der Waals surface area (Å²) in [4.78, 5) is 24.3. The van der Waals surface area contributed by atoms with Crippen LogP contribution in [0.1, 0.15) is 31.3 Å². The maximum absolute atomic E-state index is 12.5. The van der Waals surface area contributed by atoms with Gasteiger partial charge in [0.2, 0.25) is 5.91 Å². The highest BCUT2D eigenvalue weighted by Gasteiger charge is 2.27. The van der Waals surface area contributed by atoms with Crippen molar-refractivity contribution in [1.29, 1.82) is 0 Å². The summed E-state index contributed by atoms with van der Waals surface area (Å²) >= 11 is 0. The van der Waals surface area contributed by atoms with Crippen molar-refractivity contribution in [3.05, 3.63) is 39.8 Å². The summed E-state index contributed by atoms with van der Waals surface area (Å²) in [5.41, 5.74) is 1.36. The first-order valence-corrected chi connectivity index (χ1v) is 7.31. The van der Waals surface area contributed by atoms with Crippen LogP contribution in [-0.2, 0) is 17.9 Å². The lowest BCUT2D eigenvalue weighted by Gasteiger charge is -2.19. The average Bonchev–Trinajstić information content (AvgIpc) is 3.12. The van der Waals surface area contributed by atoms with Gasteiger partial charge in [-0.3, -0.25) is 9.48 Å². The van der Waals surface area contributed by atoms with Gasteiger partial charge >= 0.3 is 5.82 Å². The van der Waals surface area contributed by atoms with Crippen molar-refractivity contribution < 1.29 is 9.72 Å². The van der Waals surface area contributed by atoms with Crippen LogP contribution >= 0.6 is 0 Å². The first kappa shape index (κ1) is 16.7. The Morgan fingerprint density at radius 1 is 1.48 bits per heavy atom. The van der Waals surface area contributed by atoms with E-state index >= 15 is 0 Å². The largest absolute Gasteiger partial charge is 0.390 e. The number of amides is 1. The van der Waals surface area contributed by atoms with E-state index in [1.807, 2.05) is 19.2 Å². The molecular weight excluding hydrogens is 300 g/mol. The topological polar surface area (TPSA) is 99.1 Å². The van der Waals surface area contributed by atoms with Crippen LogP contribution in [0.4, 0.5) is 5.82 Å². The molecule has 0 aliphatic carbocycles. The Hall–Kier alpha value is -2.71. The van der Waals surface area contributed by atoms with Crippen LogP contribution in [0.25, 0.3) is 0 Å². The molecule has 0 fully saturated rings. The SMILES string of the molecule is CCn1ccc(CN(C)C(=O)C(C)n2nc([N+](=O)[O-])cc2C)n1. The van der Waals surface area contributed by atoms with Gasteiger partial charge in [0.05, 0.1) is 29.1 Å². The molecule has 1 amide bonds. The van der Waals surface area contributed by atoms with Crippen molar-refractivity contribution in [3.63, 3.8) is 0 Å². The predicted molar refractivity (Wildman–Crippen MR) is 82.7 cm³/mol. The van der Waals surface area contributed by atoms with Crippen LogP contribution in [0, 0.1) is 17.0 Å². The van der Waals surface area contributed by atoms with Gasteiger partial charge in [-0.2, -0.15) is 9.78 Å². The standard InChI is InChI=1S/C14H20N6O3/c1-5-18-7-6-12(15-18)9-17(4)14(21)11(3)19-10(2)8-13(16-19)20(22)23/h6-8,11H,5,9H2,1-4H3. The molecule has 9 heteroatoms. The summed E-state index contributed by atoms with van der Waals surface area (Å²) in [6.07, 6.45) is 1.86. The van der Waals surface area contributed by atoms with E-state index in [9.17, 15) is 14.9 Å². The summed E-state index contributed by atoms with van der Waals surface area (Å²) in [6.45, 7) is 6.49. The maximum atomic E-state index is 12.5. The highest BCUT2D eigenvalue weighted by Crippen LogP contribution is 2.18. The average molecular weight is 320 g/mol. The van der Waals surface area contributed by atoms with E-state index in [0.717, 1.165) is 12.2 Å². The van der Waals surface area contributed by atoms with Crippen molar-refractivity contribution >= 4 is 11.7 Å². The molecule has 0 saturated heterocycles. The molecule has 0 aromatic carbocycles. The number of likely N-dealkylation sites (N-methyl/N-ethyl adjacent to an activating group) is 1. The third-order valence-corrected chi connectivity index (χ3v) is 3.62. The number of nitrogens with zero attached hydrogens (tertiary/aromatic N) is 6. The third kappa shape index (κ3) is 3.55. The summed E-state index contributed by atoms with van der Waals surface area (Å²) < 4.78 is 3.17. The minimum Gasteiger partial charge on any atom is -0.358 e. The fourth-order valence-corrected chi connectivity index (χ4v) is 2.36. The normalized spacial score (nSPS) is 12.2. The van der Waals surface area contributed by atoms with Crippen molar-refractivity contribution in [2.45, 2.75) is 39.9 Å². The third-order valence-electron chi connectivity index (χ3n) is 3.62. The van der Waals surface area contributed by atoms with E-state index in [0.29, 0.717) is 12.2 Å². The van der Waals surface area contributed by atoms with Gasteiger partial charge in [-0.05, 0) is 31.8 Å². The zero-order valence-electron chi connectivity index (χ0n) is 13.6. The van der Waals surface area contributed by atoms with Crippen LogP contribution in [-0.4, -0.2) is 42.3 Å². The fraction of sp³-hybridized carbons (Fsp3) is 0.500. The molecule has 1 unspecified atom stereocenters. The Balaban J connectivity index is 2.10. The zero-order chi connectivity index (χ0) is 17.1. The second-order valence-corrected chi connectivity index (χ2v) is 5.38. The Bertz CT molecular complexity index is 720. The lowest BCUT2D eigenvalue weighted by molar-refractivity contribution is -0.389. The molecule has 0 N–H and O–H groups in total. The molecule has 9 nitrogen and oxygen atoms in total. The fourth-order valence-electron chi connectivity index (χ4n) is 2.36. The van der Waals surface area contributed by atoms with E-state index in [4.69, 9.17) is 0 Å². The number of aryl methyl sites for hydroxylation is 2. The number of carbonyl (C=O) groups excluding carboxylic acids is 1. The molecule has 0 radical (unpaired) electrons. The minimum absolute atomic E-state index is 0.183. The molecule has 2 aromatic heterocycles. The monoisotopic (exact) mass is 320 g/mol. The zero-order valence-corrected chi connectivity index (χ0v) is 13.6. The summed E-state index contributed by atoms with van der Waals surface area (Å²) in [5.74, 6) is -0.441. The molecule has 0 bridgehead atoms. The first-order chi connectivity index (χ1) is 10.8. The van der Waals surface area contributed by atoms with Crippen LogP contribution in [0.15, 0.2) is 18.3 Å². The van der Waals surface area contributed by atoms with E-state index in [-0.39, 0.29) is 11.7 Å². The van der Waals surface area contributed by atoms with Crippen LogP contribution < -0.4 is 0 Å². The number of carbonyl (C=O) groups is 1. The smallest absolute Gasteiger partial charge is 0.358 e. The van der Waals surface area contributed by atoms with Crippen LogP contribution in [0.3, 0.4) is 0 Å². The van der Waals surface area contributed by atoms with Gasteiger partial charge in [0.25, 0.3) is 0 Å². The molecule has 2 heterocycles. The quantitative estimate of drug-likeness (QED) is 0.594. The molecule has 0 saturated carbocycles. The predicted octanol–water partition coefficient (Wildman–Crippen LogP) is 1.54. The molecule has 124 valence electrons. The maximum Gasteiger partial charge on any atom is 0.390 e. The van der Waals surface area contributed by atoms with Gasteiger partial charge < -0.3 is 15.0 Å². The minimum atomic E-state index is -0.623. The van der Waals surface area contributed by atoms with Gasteiger partial charge in [0.1, 0.15) is 6.04 Å². The first-order valence-electron chi connectivity index (χ1n) is 7.31. The van der Waals surface area contributed by atoms with Crippen molar-refractivity contribution in [3.8, 4) is 0 Å². The van der Waals surface area contributed by atoms with Crippen LogP contribution in [0.2, 0.25) is 0 Å². The number of hydrogen-bond acceptors (Lipinski definition) is 5. The highest BCUT2D eigenvalue weighted by atomic mass is 16.6. The van der Waals surface area contributed by atoms with Crippen molar-refractivity contribution in [2.24, 2.45) is 0 Å². The molecular formula is C14H20N6O3. The number of rotatable bonds is 6. The number of aromatic nitrogens is 4. The van der Waals surface area contributed by atoms with Crippen molar-refractivity contribution in [1.82, 2.24) is 24.5 Å². The van der Waals surface area contributed by atoms with E-state index in [2.05, 4.69) is 10.2 Å². The molecule has 0 spiro atoms. The Morgan fingerprint density at radius 3 is 2.70 bits per heavy atom. The van der Waals surface area contributed by atoms with Gasteiger partial charge in [0.15, 0.2) is 0 Å². The summed E-state index contributed by atoms with van der Waals surface area (Å²) in [5, 5.41) is 19.0. The lowest BCUT2D eigenvalue weighted by Crippen LogP contribution is -2.33. The Labute approximate surface area is 133 Å². The van der Waals surface area contributed by atoms with Crippen molar-refractivity contribution in [2.75, 3.05) is 7.05 Å².